The summed E-state index contributed by atoms with van der Waals surface area (Å²) in [6.07, 6.45) is -5.83. The number of amides is 1. The second kappa shape index (κ2) is 10.7. The van der Waals surface area contributed by atoms with Crippen molar-refractivity contribution in [3.05, 3.63) is 117 Å². The molecule has 0 fully saturated rings. The lowest BCUT2D eigenvalue weighted by Gasteiger charge is -2.29. The van der Waals surface area contributed by atoms with Crippen molar-refractivity contribution in [2.24, 2.45) is 0 Å². The SMILES string of the molecule is Nc1nc2c(c(=O)n1C(c1ccccc1)c1ccccc1)CCN(C(=O)Oc1ccc(OC(F)(F)F)cc1F)C2. The van der Waals surface area contributed by atoms with Gasteiger partial charge in [0.15, 0.2) is 11.6 Å². The summed E-state index contributed by atoms with van der Waals surface area (Å²) in [7, 11) is 0. The first kappa shape index (κ1) is 26.7. The first-order valence-corrected chi connectivity index (χ1v) is 12.1. The van der Waals surface area contributed by atoms with E-state index in [2.05, 4.69) is 9.72 Å². The van der Waals surface area contributed by atoms with Crippen LogP contribution in [0.5, 0.6) is 11.5 Å². The van der Waals surface area contributed by atoms with E-state index in [-0.39, 0.29) is 36.7 Å². The summed E-state index contributed by atoms with van der Waals surface area (Å²) in [5, 5.41) is 0. The van der Waals surface area contributed by atoms with Crippen molar-refractivity contribution in [3.8, 4) is 11.5 Å². The highest BCUT2D eigenvalue weighted by atomic mass is 19.4. The summed E-state index contributed by atoms with van der Waals surface area (Å²) in [5.41, 5.74) is 8.30. The molecule has 1 aliphatic rings. The zero-order chi connectivity index (χ0) is 28.4. The second-order valence-corrected chi connectivity index (χ2v) is 8.97. The normalized spacial score (nSPS) is 13.2. The van der Waals surface area contributed by atoms with E-state index in [1.165, 1.54) is 9.47 Å². The van der Waals surface area contributed by atoms with Gasteiger partial charge in [-0.25, -0.2) is 14.2 Å². The first-order chi connectivity index (χ1) is 19.1. The van der Waals surface area contributed by atoms with Crippen LogP contribution < -0.4 is 20.8 Å². The number of benzene rings is 3. The largest absolute Gasteiger partial charge is 0.573 e. The number of alkyl halides is 3. The third-order valence-corrected chi connectivity index (χ3v) is 6.38. The fourth-order valence-corrected chi connectivity index (χ4v) is 4.61. The molecule has 3 aromatic carbocycles. The Labute approximate surface area is 225 Å². The number of ether oxygens (including phenoxy) is 2. The predicted octanol–water partition coefficient (Wildman–Crippen LogP) is 5.06. The van der Waals surface area contributed by atoms with Crippen molar-refractivity contribution in [2.75, 3.05) is 12.3 Å². The molecule has 4 aromatic rings. The van der Waals surface area contributed by atoms with Gasteiger partial charge >= 0.3 is 12.5 Å². The average Bonchev–Trinajstić information content (AvgIpc) is 2.92. The van der Waals surface area contributed by atoms with Crippen LogP contribution in [0.1, 0.15) is 28.4 Å². The number of hydrogen-bond donors (Lipinski definition) is 1. The topological polar surface area (TPSA) is 99.7 Å². The molecule has 0 radical (unpaired) electrons. The molecule has 0 atom stereocenters. The second-order valence-electron chi connectivity index (χ2n) is 8.97. The summed E-state index contributed by atoms with van der Waals surface area (Å²) in [6.45, 7) is -0.0719. The van der Waals surface area contributed by atoms with E-state index < -0.39 is 35.8 Å². The Morgan fingerprint density at radius 1 is 0.975 bits per heavy atom. The number of anilines is 1. The number of nitrogens with zero attached hydrogens (tertiary/aromatic N) is 3. The molecule has 0 bridgehead atoms. The Bertz CT molecular complexity index is 1550. The number of fused-ring (bicyclic) bond motifs is 1. The molecule has 0 spiro atoms. The van der Waals surface area contributed by atoms with Gasteiger partial charge in [0.2, 0.25) is 5.95 Å². The number of carbonyl (C=O) groups excluding carboxylic acids is 1. The molecule has 5 rings (SSSR count). The Balaban J connectivity index is 1.40. The molecule has 1 aromatic heterocycles. The van der Waals surface area contributed by atoms with E-state index in [0.29, 0.717) is 11.6 Å². The van der Waals surface area contributed by atoms with Gasteiger partial charge in [-0.15, -0.1) is 13.2 Å². The molecule has 0 unspecified atom stereocenters. The molecule has 206 valence electrons. The third kappa shape index (κ3) is 5.60. The van der Waals surface area contributed by atoms with Crippen LogP contribution in [-0.4, -0.2) is 33.5 Å². The van der Waals surface area contributed by atoms with Crippen LogP contribution >= 0.6 is 0 Å². The standard InChI is InChI=1S/C28H22F4N4O4/c29-21-15-19(40-28(30,31)32)11-12-23(21)39-27(38)35-14-13-20-22(16-35)34-26(33)36(25(20)37)24(17-7-3-1-4-8-17)18-9-5-2-6-10-18/h1-12,15,24H,13-14,16H2,(H2,33,34). The van der Waals surface area contributed by atoms with Crippen molar-refractivity contribution >= 4 is 12.0 Å². The average molecular weight is 555 g/mol. The molecule has 0 aliphatic carbocycles. The highest BCUT2D eigenvalue weighted by Crippen LogP contribution is 2.30. The van der Waals surface area contributed by atoms with Gasteiger partial charge in [0.25, 0.3) is 5.56 Å². The van der Waals surface area contributed by atoms with Crippen molar-refractivity contribution in [1.29, 1.82) is 0 Å². The fraction of sp³-hybridized carbons (Fsp3) is 0.179. The Hall–Kier alpha value is -4.87. The van der Waals surface area contributed by atoms with Crippen LogP contribution in [-0.2, 0) is 13.0 Å². The Kier molecular flexibility index (Phi) is 7.16. The van der Waals surface area contributed by atoms with Gasteiger partial charge in [0.05, 0.1) is 18.3 Å². The molecule has 0 saturated carbocycles. The van der Waals surface area contributed by atoms with Gasteiger partial charge in [0, 0.05) is 18.2 Å². The van der Waals surface area contributed by atoms with E-state index in [0.717, 1.165) is 23.3 Å². The molecule has 2 N–H and O–H groups in total. The minimum Gasteiger partial charge on any atom is -0.407 e. The summed E-state index contributed by atoms with van der Waals surface area (Å²) in [5.74, 6) is -2.65. The monoisotopic (exact) mass is 554 g/mol. The maximum absolute atomic E-state index is 14.3. The number of rotatable bonds is 5. The van der Waals surface area contributed by atoms with E-state index in [1.807, 2.05) is 60.7 Å². The van der Waals surface area contributed by atoms with E-state index >= 15 is 0 Å². The smallest absolute Gasteiger partial charge is 0.407 e. The number of aromatic nitrogens is 2. The van der Waals surface area contributed by atoms with Gasteiger partial charge in [-0.1, -0.05) is 60.7 Å². The number of halogens is 4. The van der Waals surface area contributed by atoms with Crippen LogP contribution in [0, 0.1) is 5.82 Å². The summed E-state index contributed by atoms with van der Waals surface area (Å²) in [4.78, 5) is 32.1. The first-order valence-electron chi connectivity index (χ1n) is 12.1. The van der Waals surface area contributed by atoms with Crippen molar-refractivity contribution < 1.29 is 31.8 Å². The third-order valence-electron chi connectivity index (χ3n) is 6.38. The van der Waals surface area contributed by atoms with Gasteiger partial charge in [0.1, 0.15) is 5.75 Å². The Morgan fingerprint density at radius 3 is 2.17 bits per heavy atom. The number of nitrogen functional groups attached to an aromatic ring is 1. The summed E-state index contributed by atoms with van der Waals surface area (Å²) in [6, 6.07) is 20.4. The zero-order valence-corrected chi connectivity index (χ0v) is 20.8. The molecular weight excluding hydrogens is 532 g/mol. The van der Waals surface area contributed by atoms with Gasteiger partial charge in [-0.3, -0.25) is 9.36 Å². The molecule has 8 nitrogen and oxygen atoms in total. The number of hydrogen-bond acceptors (Lipinski definition) is 6. The van der Waals surface area contributed by atoms with Gasteiger partial charge in [-0.2, -0.15) is 0 Å². The molecular formula is C28H22F4N4O4. The van der Waals surface area contributed by atoms with Gasteiger partial charge < -0.3 is 20.1 Å². The van der Waals surface area contributed by atoms with Crippen molar-refractivity contribution in [3.63, 3.8) is 0 Å². The van der Waals surface area contributed by atoms with Gasteiger partial charge in [-0.05, 0) is 29.7 Å². The molecule has 40 heavy (non-hydrogen) atoms. The molecule has 12 heteroatoms. The fourth-order valence-electron chi connectivity index (χ4n) is 4.61. The number of carbonyl (C=O) groups is 1. The molecule has 2 heterocycles. The van der Waals surface area contributed by atoms with Crippen LogP contribution in [0.2, 0.25) is 0 Å². The van der Waals surface area contributed by atoms with E-state index in [9.17, 15) is 27.2 Å². The predicted molar refractivity (Wildman–Crippen MR) is 136 cm³/mol. The highest BCUT2D eigenvalue weighted by Gasteiger charge is 2.32. The van der Waals surface area contributed by atoms with Crippen molar-refractivity contribution in [2.45, 2.75) is 25.4 Å². The number of nitrogens with two attached hydrogens (primary N) is 1. The van der Waals surface area contributed by atoms with Crippen LogP contribution in [0.25, 0.3) is 0 Å². The van der Waals surface area contributed by atoms with E-state index in [4.69, 9.17) is 10.5 Å². The lowest BCUT2D eigenvalue weighted by molar-refractivity contribution is -0.274. The lowest BCUT2D eigenvalue weighted by atomic mass is 9.97. The zero-order valence-electron chi connectivity index (χ0n) is 20.8. The molecule has 1 aliphatic heterocycles. The minimum absolute atomic E-state index is 0.0528. The lowest BCUT2D eigenvalue weighted by Crippen LogP contribution is -2.43. The quantitative estimate of drug-likeness (QED) is 0.347. The van der Waals surface area contributed by atoms with Crippen LogP contribution in [0.4, 0.5) is 28.3 Å². The van der Waals surface area contributed by atoms with Crippen LogP contribution in [0.3, 0.4) is 0 Å². The van der Waals surface area contributed by atoms with Crippen LogP contribution in [0.15, 0.2) is 83.7 Å². The molecule has 0 saturated heterocycles. The highest BCUT2D eigenvalue weighted by molar-refractivity contribution is 5.71. The van der Waals surface area contributed by atoms with Crippen molar-refractivity contribution in [1.82, 2.24) is 14.5 Å². The summed E-state index contributed by atoms with van der Waals surface area (Å²) < 4.78 is 61.5. The van der Waals surface area contributed by atoms with E-state index in [1.54, 1.807) is 0 Å². The maximum Gasteiger partial charge on any atom is 0.573 e. The summed E-state index contributed by atoms with van der Waals surface area (Å²) >= 11 is 0. The minimum atomic E-state index is -5.00. The Morgan fingerprint density at radius 2 is 1.60 bits per heavy atom. The maximum atomic E-state index is 14.3. The molecule has 1 amide bonds.